The Hall–Kier alpha value is -0.220. The number of hydrogen-bond acceptors (Lipinski definition) is 4. The van der Waals surface area contributed by atoms with Crippen LogP contribution in [0.5, 0.6) is 0 Å². The summed E-state index contributed by atoms with van der Waals surface area (Å²) in [5.41, 5.74) is 0. The highest BCUT2D eigenvalue weighted by atomic mass is 127. The number of amides is 1. The first-order chi connectivity index (χ1) is 11.2. The maximum absolute atomic E-state index is 11.3. The Bertz CT molecular complexity index is 396. The van der Waals surface area contributed by atoms with Gasteiger partial charge >= 0.3 is 0 Å². The van der Waals surface area contributed by atoms with Crippen LogP contribution in [0.15, 0.2) is 4.99 Å². The van der Waals surface area contributed by atoms with Crippen molar-refractivity contribution in [2.24, 2.45) is 4.99 Å². The molecule has 24 heavy (non-hydrogen) atoms. The molecule has 2 heterocycles. The monoisotopic (exact) mass is 469 g/mol. The average Bonchev–Trinajstić information content (AvgIpc) is 3.06. The topological polar surface area (TPSA) is 60.0 Å². The first-order valence-corrected chi connectivity index (χ1v) is 9.85. The van der Waals surface area contributed by atoms with Crippen LogP contribution in [-0.2, 0) is 4.79 Å². The smallest absolute Gasteiger partial charge is 0.219 e. The third-order valence-corrected chi connectivity index (χ3v) is 5.74. The van der Waals surface area contributed by atoms with E-state index in [1.807, 2.05) is 16.7 Å². The lowest BCUT2D eigenvalue weighted by molar-refractivity contribution is -0.130. The third-order valence-electron chi connectivity index (χ3n) is 4.36. The van der Waals surface area contributed by atoms with Crippen molar-refractivity contribution in [2.45, 2.75) is 31.9 Å². The Labute approximate surface area is 167 Å². The van der Waals surface area contributed by atoms with Gasteiger partial charge in [-0.1, -0.05) is 0 Å². The minimum Gasteiger partial charge on any atom is -0.357 e. The van der Waals surface area contributed by atoms with Gasteiger partial charge in [-0.3, -0.25) is 14.7 Å². The maximum Gasteiger partial charge on any atom is 0.219 e. The molecule has 0 spiro atoms. The molecule has 1 unspecified atom stereocenters. The normalized spacial score (nSPS) is 22.2. The minimum atomic E-state index is 0. The Morgan fingerprint density at radius 3 is 2.58 bits per heavy atom. The molecule has 0 aromatic heterocycles. The second kappa shape index (κ2) is 12.2. The van der Waals surface area contributed by atoms with E-state index in [9.17, 15) is 4.79 Å². The quantitative estimate of drug-likeness (QED) is 0.348. The van der Waals surface area contributed by atoms with Crippen LogP contribution in [-0.4, -0.2) is 85.0 Å². The molecule has 0 aliphatic carbocycles. The molecule has 140 valence electrons. The van der Waals surface area contributed by atoms with Crippen molar-refractivity contribution in [1.29, 1.82) is 0 Å². The Balaban J connectivity index is 0.00000288. The number of hydrogen-bond donors (Lipinski definition) is 2. The first kappa shape index (κ1) is 21.8. The number of rotatable bonds is 6. The predicted molar refractivity (Wildman–Crippen MR) is 114 cm³/mol. The van der Waals surface area contributed by atoms with Gasteiger partial charge < -0.3 is 15.5 Å². The maximum atomic E-state index is 11.3. The van der Waals surface area contributed by atoms with E-state index in [1.54, 1.807) is 6.92 Å². The van der Waals surface area contributed by atoms with Crippen molar-refractivity contribution in [1.82, 2.24) is 20.4 Å². The van der Waals surface area contributed by atoms with Gasteiger partial charge in [0.2, 0.25) is 5.91 Å². The van der Waals surface area contributed by atoms with E-state index in [1.165, 1.54) is 18.6 Å². The highest BCUT2D eigenvalue weighted by Crippen LogP contribution is 2.25. The second-order valence-corrected chi connectivity index (χ2v) is 7.54. The number of guanidine groups is 1. The third kappa shape index (κ3) is 7.77. The van der Waals surface area contributed by atoms with Gasteiger partial charge in [-0.05, 0) is 25.5 Å². The Kier molecular flexibility index (Phi) is 11.1. The van der Waals surface area contributed by atoms with Crippen LogP contribution in [0.25, 0.3) is 0 Å². The largest absolute Gasteiger partial charge is 0.357 e. The van der Waals surface area contributed by atoms with Gasteiger partial charge in [0.1, 0.15) is 0 Å². The summed E-state index contributed by atoms with van der Waals surface area (Å²) >= 11 is 2.05. The van der Waals surface area contributed by atoms with Gasteiger partial charge in [0, 0.05) is 58.0 Å². The van der Waals surface area contributed by atoms with Gasteiger partial charge in [0.25, 0.3) is 0 Å². The number of halogens is 1. The fraction of sp³-hybridized carbons (Fsp3) is 0.875. The predicted octanol–water partition coefficient (Wildman–Crippen LogP) is 1.22. The van der Waals surface area contributed by atoms with Gasteiger partial charge in [-0.2, -0.15) is 11.8 Å². The van der Waals surface area contributed by atoms with E-state index < -0.39 is 0 Å². The standard InChI is InChI=1S/C16H31N5OS.HI/c1-3-17-16(19-13-15-5-4-12-23-15)18-6-7-20-8-10-21(11-9-20)14(2)22;/h15H,3-13H2,1-2H3,(H2,17,18,19);1H. The number of thioether (sulfide) groups is 1. The fourth-order valence-electron chi connectivity index (χ4n) is 2.94. The molecule has 2 rings (SSSR count). The molecule has 1 amide bonds. The van der Waals surface area contributed by atoms with Crippen LogP contribution >= 0.6 is 35.7 Å². The first-order valence-electron chi connectivity index (χ1n) is 8.80. The highest BCUT2D eigenvalue weighted by Gasteiger charge is 2.18. The molecule has 1 atom stereocenters. The summed E-state index contributed by atoms with van der Waals surface area (Å²) in [7, 11) is 0. The molecular weight excluding hydrogens is 437 g/mol. The molecular formula is C16H32IN5OS. The molecule has 0 aromatic rings. The molecule has 2 saturated heterocycles. The summed E-state index contributed by atoms with van der Waals surface area (Å²) in [6, 6.07) is 0. The van der Waals surface area contributed by atoms with Crippen LogP contribution < -0.4 is 10.6 Å². The van der Waals surface area contributed by atoms with E-state index in [2.05, 4.69) is 22.5 Å². The van der Waals surface area contributed by atoms with Crippen molar-refractivity contribution in [3.8, 4) is 0 Å². The van der Waals surface area contributed by atoms with Crippen molar-refractivity contribution >= 4 is 47.6 Å². The molecule has 0 aromatic carbocycles. The summed E-state index contributed by atoms with van der Waals surface area (Å²) < 4.78 is 0. The zero-order valence-corrected chi connectivity index (χ0v) is 18.1. The van der Waals surface area contributed by atoms with Gasteiger partial charge in [-0.15, -0.1) is 24.0 Å². The van der Waals surface area contributed by atoms with E-state index in [0.29, 0.717) is 5.25 Å². The molecule has 0 saturated carbocycles. The lowest BCUT2D eigenvalue weighted by Crippen LogP contribution is -2.50. The number of carbonyl (C=O) groups excluding carboxylic acids is 1. The van der Waals surface area contributed by atoms with E-state index >= 15 is 0 Å². The summed E-state index contributed by atoms with van der Waals surface area (Å²) in [5.74, 6) is 2.41. The van der Waals surface area contributed by atoms with Crippen LogP contribution in [0.4, 0.5) is 0 Å². The van der Waals surface area contributed by atoms with Crippen molar-refractivity contribution < 1.29 is 4.79 Å². The van der Waals surface area contributed by atoms with E-state index in [4.69, 9.17) is 4.99 Å². The highest BCUT2D eigenvalue weighted by molar-refractivity contribution is 14.0. The number of aliphatic imine (C=N–C) groups is 1. The van der Waals surface area contributed by atoms with E-state index in [-0.39, 0.29) is 29.9 Å². The lowest BCUT2D eigenvalue weighted by Gasteiger charge is -2.34. The van der Waals surface area contributed by atoms with Crippen LogP contribution in [0.1, 0.15) is 26.7 Å². The molecule has 2 fully saturated rings. The van der Waals surface area contributed by atoms with Gasteiger partial charge in [0.15, 0.2) is 5.96 Å². The number of nitrogens with zero attached hydrogens (tertiary/aromatic N) is 3. The molecule has 0 bridgehead atoms. The molecule has 2 aliphatic rings. The van der Waals surface area contributed by atoms with Crippen molar-refractivity contribution in [3.05, 3.63) is 0 Å². The summed E-state index contributed by atoms with van der Waals surface area (Å²) in [6.45, 7) is 11.1. The number of carbonyl (C=O) groups is 1. The van der Waals surface area contributed by atoms with Gasteiger partial charge in [0.05, 0.1) is 6.54 Å². The summed E-state index contributed by atoms with van der Waals surface area (Å²) in [4.78, 5) is 20.4. The number of nitrogens with one attached hydrogen (secondary N) is 2. The Morgan fingerprint density at radius 1 is 1.25 bits per heavy atom. The minimum absolute atomic E-state index is 0. The van der Waals surface area contributed by atoms with Crippen molar-refractivity contribution in [2.75, 3.05) is 58.1 Å². The molecule has 2 N–H and O–H groups in total. The second-order valence-electron chi connectivity index (χ2n) is 6.13. The zero-order chi connectivity index (χ0) is 16.5. The SMILES string of the molecule is CCNC(=NCC1CCCS1)NCCN1CCN(C(C)=O)CC1.I. The summed E-state index contributed by atoms with van der Waals surface area (Å²) in [5, 5.41) is 7.46. The van der Waals surface area contributed by atoms with Crippen molar-refractivity contribution in [3.63, 3.8) is 0 Å². The number of piperazine rings is 1. The van der Waals surface area contributed by atoms with Gasteiger partial charge in [-0.25, -0.2) is 0 Å². The van der Waals surface area contributed by atoms with Crippen LogP contribution in [0.3, 0.4) is 0 Å². The average molecular weight is 469 g/mol. The summed E-state index contributed by atoms with van der Waals surface area (Å²) in [6.07, 6.45) is 2.63. The fourth-order valence-corrected chi connectivity index (χ4v) is 4.12. The molecule has 0 radical (unpaired) electrons. The Morgan fingerprint density at radius 2 is 2.00 bits per heavy atom. The van der Waals surface area contributed by atoms with Crippen LogP contribution in [0.2, 0.25) is 0 Å². The molecule has 6 nitrogen and oxygen atoms in total. The lowest BCUT2D eigenvalue weighted by atomic mass is 10.2. The zero-order valence-electron chi connectivity index (χ0n) is 14.9. The van der Waals surface area contributed by atoms with Crippen LogP contribution in [0, 0.1) is 0 Å². The molecule has 2 aliphatic heterocycles. The van der Waals surface area contributed by atoms with E-state index in [0.717, 1.165) is 58.3 Å². The molecule has 8 heteroatoms.